The van der Waals surface area contributed by atoms with Crippen molar-refractivity contribution in [1.82, 2.24) is 4.98 Å². The van der Waals surface area contributed by atoms with Crippen molar-refractivity contribution in [3.05, 3.63) is 59.2 Å². The second kappa shape index (κ2) is 7.24. The van der Waals surface area contributed by atoms with Gasteiger partial charge in [-0.25, -0.2) is 4.98 Å². The molecule has 1 heterocycles. The number of carbonyl (C=O) groups excluding carboxylic acids is 1. The van der Waals surface area contributed by atoms with Gasteiger partial charge in [-0.15, -0.1) is 0 Å². The molecule has 0 saturated carbocycles. The summed E-state index contributed by atoms with van der Waals surface area (Å²) in [5, 5.41) is 0.325. The van der Waals surface area contributed by atoms with Gasteiger partial charge in [-0.2, -0.15) is 0 Å². The third kappa shape index (κ3) is 3.67. The summed E-state index contributed by atoms with van der Waals surface area (Å²) in [4.78, 5) is 16.7. The van der Waals surface area contributed by atoms with E-state index >= 15 is 0 Å². The van der Waals surface area contributed by atoms with E-state index in [4.69, 9.17) is 21.3 Å². The first kappa shape index (κ1) is 17.4. The van der Waals surface area contributed by atoms with Gasteiger partial charge in [-0.3, -0.25) is 4.79 Å². The number of ether oxygens (including phenoxy) is 1. The average molecular weight is 354 g/mol. The van der Waals surface area contributed by atoms with Gasteiger partial charge in [0.15, 0.2) is 0 Å². The SMILES string of the molecule is CCCOc1ccc(-c2cc(C(=O)Cl)c3cc(C)cc(C)c3n2)cc1. The molecule has 128 valence electrons. The van der Waals surface area contributed by atoms with E-state index in [2.05, 4.69) is 13.0 Å². The topological polar surface area (TPSA) is 39.2 Å². The molecular weight excluding hydrogens is 334 g/mol. The number of carbonyl (C=O) groups is 1. The van der Waals surface area contributed by atoms with Gasteiger partial charge >= 0.3 is 0 Å². The predicted octanol–water partition coefficient (Wildman–Crippen LogP) is 5.69. The standard InChI is InChI=1S/C21H20ClNO2/c1-4-9-25-16-7-5-15(6-8-16)19-12-18(21(22)24)17-11-13(2)10-14(3)20(17)23-19/h5-8,10-12H,4,9H2,1-3H3. The Labute approximate surface area is 152 Å². The Morgan fingerprint density at radius 3 is 2.48 bits per heavy atom. The summed E-state index contributed by atoms with van der Waals surface area (Å²) in [7, 11) is 0. The Kier molecular flexibility index (Phi) is 5.05. The highest BCUT2D eigenvalue weighted by molar-refractivity contribution is 6.68. The van der Waals surface area contributed by atoms with E-state index in [9.17, 15) is 4.79 Å². The molecule has 0 radical (unpaired) electrons. The molecular formula is C21H20ClNO2. The summed E-state index contributed by atoms with van der Waals surface area (Å²) in [6.45, 7) is 6.76. The average Bonchev–Trinajstić information content (AvgIpc) is 2.59. The summed E-state index contributed by atoms with van der Waals surface area (Å²) in [5.74, 6) is 0.826. The van der Waals surface area contributed by atoms with Crippen LogP contribution in [0.3, 0.4) is 0 Å². The summed E-state index contributed by atoms with van der Waals surface area (Å²) in [5.41, 5.74) is 5.05. The smallest absolute Gasteiger partial charge is 0.253 e. The molecule has 0 amide bonds. The third-order valence-corrected chi connectivity index (χ3v) is 4.29. The van der Waals surface area contributed by atoms with Gasteiger partial charge in [-0.1, -0.05) is 18.6 Å². The van der Waals surface area contributed by atoms with E-state index in [1.165, 1.54) is 0 Å². The number of halogens is 1. The van der Waals surface area contributed by atoms with Gasteiger partial charge in [0, 0.05) is 16.5 Å². The number of hydrogen-bond acceptors (Lipinski definition) is 3. The molecule has 3 aromatic rings. The molecule has 2 aromatic carbocycles. The fourth-order valence-electron chi connectivity index (χ4n) is 2.93. The van der Waals surface area contributed by atoms with Crippen LogP contribution < -0.4 is 4.74 Å². The predicted molar refractivity (Wildman–Crippen MR) is 103 cm³/mol. The number of nitrogens with zero attached hydrogens (tertiary/aromatic N) is 1. The van der Waals surface area contributed by atoms with E-state index in [1.807, 2.05) is 44.2 Å². The molecule has 25 heavy (non-hydrogen) atoms. The third-order valence-electron chi connectivity index (χ3n) is 4.08. The molecule has 0 aliphatic rings. The van der Waals surface area contributed by atoms with Crippen molar-refractivity contribution in [3.63, 3.8) is 0 Å². The summed E-state index contributed by atoms with van der Waals surface area (Å²) in [6.07, 6.45) is 0.966. The van der Waals surface area contributed by atoms with Crippen LogP contribution in [0.15, 0.2) is 42.5 Å². The first-order chi connectivity index (χ1) is 12.0. The minimum Gasteiger partial charge on any atom is -0.494 e. The van der Waals surface area contributed by atoms with Crippen molar-refractivity contribution >= 4 is 27.7 Å². The zero-order chi connectivity index (χ0) is 18.0. The second-order valence-corrected chi connectivity index (χ2v) is 6.52. The van der Waals surface area contributed by atoms with Crippen LogP contribution >= 0.6 is 11.6 Å². The van der Waals surface area contributed by atoms with Crippen molar-refractivity contribution in [2.24, 2.45) is 0 Å². The van der Waals surface area contributed by atoms with Crippen LogP contribution in [-0.2, 0) is 0 Å². The minimum atomic E-state index is -0.471. The van der Waals surface area contributed by atoms with Crippen molar-refractivity contribution in [2.75, 3.05) is 6.61 Å². The monoisotopic (exact) mass is 353 g/mol. The van der Waals surface area contributed by atoms with Gasteiger partial charge in [0.25, 0.3) is 5.24 Å². The maximum Gasteiger partial charge on any atom is 0.253 e. The molecule has 0 bridgehead atoms. The molecule has 0 atom stereocenters. The van der Waals surface area contributed by atoms with Gasteiger partial charge in [0.05, 0.1) is 17.8 Å². The lowest BCUT2D eigenvalue weighted by molar-refractivity contribution is 0.108. The number of aryl methyl sites for hydroxylation is 2. The number of rotatable bonds is 5. The zero-order valence-corrected chi connectivity index (χ0v) is 15.4. The molecule has 0 saturated heterocycles. The first-order valence-corrected chi connectivity index (χ1v) is 8.72. The largest absolute Gasteiger partial charge is 0.494 e. The molecule has 0 fully saturated rings. The summed E-state index contributed by atoms with van der Waals surface area (Å²) >= 11 is 5.84. The van der Waals surface area contributed by atoms with E-state index < -0.39 is 5.24 Å². The molecule has 3 rings (SSSR count). The zero-order valence-electron chi connectivity index (χ0n) is 14.6. The molecule has 0 unspecified atom stereocenters. The van der Waals surface area contributed by atoms with Gasteiger partial charge in [0.1, 0.15) is 5.75 Å². The van der Waals surface area contributed by atoms with E-state index in [0.29, 0.717) is 12.2 Å². The van der Waals surface area contributed by atoms with Crippen LogP contribution in [0.25, 0.3) is 22.2 Å². The van der Waals surface area contributed by atoms with Crippen molar-refractivity contribution in [2.45, 2.75) is 27.2 Å². The molecule has 3 nitrogen and oxygen atoms in total. The number of hydrogen-bond donors (Lipinski definition) is 0. The number of pyridine rings is 1. The normalized spacial score (nSPS) is 10.9. The first-order valence-electron chi connectivity index (χ1n) is 8.34. The molecule has 1 aromatic heterocycles. The number of aromatic nitrogens is 1. The fourth-order valence-corrected chi connectivity index (χ4v) is 3.09. The lowest BCUT2D eigenvalue weighted by Gasteiger charge is -2.11. The van der Waals surface area contributed by atoms with Crippen LogP contribution in [0.2, 0.25) is 0 Å². The van der Waals surface area contributed by atoms with E-state index in [1.54, 1.807) is 6.07 Å². The molecule has 0 aliphatic heterocycles. The van der Waals surface area contributed by atoms with E-state index in [-0.39, 0.29) is 0 Å². The fraction of sp³-hybridized carbons (Fsp3) is 0.238. The molecule has 0 N–H and O–H groups in total. The lowest BCUT2D eigenvalue weighted by Crippen LogP contribution is -1.98. The van der Waals surface area contributed by atoms with Crippen LogP contribution in [-0.4, -0.2) is 16.8 Å². The van der Waals surface area contributed by atoms with Crippen LogP contribution in [0, 0.1) is 13.8 Å². The molecule has 0 aliphatic carbocycles. The highest BCUT2D eigenvalue weighted by Crippen LogP contribution is 2.29. The number of benzene rings is 2. The Bertz CT molecular complexity index is 933. The maximum absolute atomic E-state index is 12.0. The minimum absolute atomic E-state index is 0.471. The van der Waals surface area contributed by atoms with Gasteiger partial charge in [0.2, 0.25) is 0 Å². The van der Waals surface area contributed by atoms with Crippen LogP contribution in [0.5, 0.6) is 5.75 Å². The van der Waals surface area contributed by atoms with E-state index in [0.717, 1.165) is 45.5 Å². The molecule has 4 heteroatoms. The van der Waals surface area contributed by atoms with Gasteiger partial charge in [-0.05, 0) is 73.8 Å². The molecule has 0 spiro atoms. The highest BCUT2D eigenvalue weighted by atomic mass is 35.5. The van der Waals surface area contributed by atoms with Crippen LogP contribution in [0.1, 0.15) is 34.8 Å². The van der Waals surface area contributed by atoms with Crippen molar-refractivity contribution < 1.29 is 9.53 Å². The highest BCUT2D eigenvalue weighted by Gasteiger charge is 2.14. The quantitative estimate of drug-likeness (QED) is 0.553. The van der Waals surface area contributed by atoms with Gasteiger partial charge < -0.3 is 4.74 Å². The Morgan fingerprint density at radius 1 is 1.12 bits per heavy atom. The Hall–Kier alpha value is -2.39. The lowest BCUT2D eigenvalue weighted by atomic mass is 10.0. The van der Waals surface area contributed by atoms with Crippen molar-refractivity contribution in [3.8, 4) is 17.0 Å². The van der Waals surface area contributed by atoms with Crippen LogP contribution in [0.4, 0.5) is 0 Å². The Balaban J connectivity index is 2.12. The Morgan fingerprint density at radius 2 is 1.84 bits per heavy atom. The van der Waals surface area contributed by atoms with Crippen molar-refractivity contribution in [1.29, 1.82) is 0 Å². The second-order valence-electron chi connectivity index (χ2n) is 6.18. The number of fused-ring (bicyclic) bond motifs is 1. The summed E-state index contributed by atoms with van der Waals surface area (Å²) < 4.78 is 5.61. The summed E-state index contributed by atoms with van der Waals surface area (Å²) in [6, 6.07) is 13.5. The maximum atomic E-state index is 12.0.